The molecule has 0 spiro atoms. The molecule has 0 aliphatic carbocycles. The smallest absolute Gasteiger partial charge is 0.307 e. The highest BCUT2D eigenvalue weighted by molar-refractivity contribution is 8.00. The molecule has 58 heavy (non-hydrogen) atoms. The molecule has 1 heterocycles. The summed E-state index contributed by atoms with van der Waals surface area (Å²) in [6.45, 7) is 1.52. The van der Waals surface area contributed by atoms with E-state index in [1.807, 2.05) is 18.2 Å². The van der Waals surface area contributed by atoms with Gasteiger partial charge in [0, 0.05) is 18.0 Å². The Hall–Kier alpha value is -5.98. The van der Waals surface area contributed by atoms with E-state index in [1.54, 1.807) is 49.4 Å². The number of benzene rings is 4. The van der Waals surface area contributed by atoms with Crippen LogP contribution in [-0.2, 0) is 52.8 Å². The third kappa shape index (κ3) is 12.3. The minimum Gasteiger partial charge on any atom is -0.493 e. The van der Waals surface area contributed by atoms with E-state index in [-0.39, 0.29) is 38.2 Å². The monoisotopic (exact) mass is 833 g/mol. The van der Waals surface area contributed by atoms with E-state index in [2.05, 4.69) is 21.3 Å². The van der Waals surface area contributed by atoms with Crippen LogP contribution in [0.1, 0.15) is 46.8 Å². The van der Waals surface area contributed by atoms with Gasteiger partial charge in [0.15, 0.2) is 5.37 Å². The van der Waals surface area contributed by atoms with Gasteiger partial charge in [-0.3, -0.25) is 33.3 Å². The van der Waals surface area contributed by atoms with E-state index >= 15 is 0 Å². The van der Waals surface area contributed by atoms with Crippen molar-refractivity contribution in [3.8, 4) is 5.75 Å². The van der Waals surface area contributed by atoms with E-state index in [9.17, 15) is 41.7 Å². The number of amides is 5. The summed E-state index contributed by atoms with van der Waals surface area (Å²) in [7, 11) is -4.29. The Morgan fingerprint density at radius 2 is 1.62 bits per heavy atom. The molecule has 5 rings (SSSR count). The van der Waals surface area contributed by atoms with Gasteiger partial charge >= 0.3 is 5.97 Å². The van der Waals surface area contributed by atoms with Gasteiger partial charge < -0.3 is 36.0 Å². The Morgan fingerprint density at radius 3 is 2.34 bits per heavy atom. The second-order valence-corrected chi connectivity index (χ2v) is 15.9. The summed E-state index contributed by atoms with van der Waals surface area (Å²) in [5, 5.41) is 19.6. The Bertz CT molecular complexity index is 2290. The van der Waals surface area contributed by atoms with Crippen LogP contribution in [0.3, 0.4) is 0 Å². The first-order valence-electron chi connectivity index (χ1n) is 18.3. The van der Waals surface area contributed by atoms with Gasteiger partial charge in [-0.05, 0) is 65.4 Å². The molecule has 5 amide bonds. The fraction of sp³-hybridized carbons (Fsp3) is 0.300. The third-order valence-corrected chi connectivity index (χ3v) is 10.8. The molecular weight excluding hydrogens is 791 g/mol. The van der Waals surface area contributed by atoms with E-state index in [4.69, 9.17) is 9.84 Å². The molecule has 306 valence electrons. The molecule has 0 aromatic heterocycles. The van der Waals surface area contributed by atoms with E-state index in [0.717, 1.165) is 17.1 Å². The first-order chi connectivity index (χ1) is 27.7. The van der Waals surface area contributed by atoms with Crippen LogP contribution in [0, 0.1) is 0 Å². The molecule has 1 aliphatic heterocycles. The predicted molar refractivity (Wildman–Crippen MR) is 214 cm³/mol. The number of carboxylic acid groups (broad SMARTS) is 1. The zero-order valence-electron chi connectivity index (χ0n) is 31.4. The van der Waals surface area contributed by atoms with Crippen molar-refractivity contribution >= 4 is 68.2 Å². The van der Waals surface area contributed by atoms with E-state index in [0.29, 0.717) is 45.6 Å². The number of thioether (sulfide) groups is 1. The van der Waals surface area contributed by atoms with Crippen LogP contribution >= 0.6 is 11.8 Å². The zero-order valence-corrected chi connectivity index (χ0v) is 33.1. The van der Waals surface area contributed by atoms with Crippen molar-refractivity contribution in [1.29, 1.82) is 0 Å². The van der Waals surface area contributed by atoms with Gasteiger partial charge in [0.25, 0.3) is 21.9 Å². The SMILES string of the molecule is CCOc1ccc2ccccc2c1C(=O)NC(Sc1ccc(CS(=O)(=O)O)cc1)C(=O)NCC(=O)N1CCC[C@H]1C(=O)NCC(=O)NCc1cccc(CC(=O)O)c1. The maximum absolute atomic E-state index is 14.0. The molecule has 6 N–H and O–H groups in total. The minimum atomic E-state index is -4.29. The average molecular weight is 834 g/mol. The lowest BCUT2D eigenvalue weighted by Crippen LogP contribution is -2.52. The Balaban J connectivity index is 1.23. The maximum atomic E-state index is 14.0. The van der Waals surface area contributed by atoms with Gasteiger partial charge in [0.1, 0.15) is 17.5 Å². The van der Waals surface area contributed by atoms with Gasteiger partial charge in [-0.15, -0.1) is 0 Å². The quantitative estimate of drug-likeness (QED) is 0.0482. The number of aliphatic carboxylic acids is 1. The van der Waals surface area contributed by atoms with Crippen LogP contribution in [0.5, 0.6) is 5.75 Å². The predicted octanol–water partition coefficient (Wildman–Crippen LogP) is 2.64. The largest absolute Gasteiger partial charge is 0.493 e. The number of hydrogen-bond donors (Lipinski definition) is 6. The number of nitrogens with zero attached hydrogens (tertiary/aromatic N) is 1. The average Bonchev–Trinajstić information content (AvgIpc) is 3.68. The normalized spacial score (nSPS) is 14.3. The molecule has 0 saturated carbocycles. The summed E-state index contributed by atoms with van der Waals surface area (Å²) in [5.41, 5.74) is 1.76. The van der Waals surface area contributed by atoms with E-state index in [1.165, 1.54) is 29.2 Å². The highest BCUT2D eigenvalue weighted by atomic mass is 32.2. The number of carbonyl (C=O) groups is 6. The number of likely N-dealkylation sites (tertiary alicyclic amines) is 1. The lowest BCUT2D eigenvalue weighted by Gasteiger charge is -2.25. The minimum absolute atomic E-state index is 0.116. The van der Waals surface area contributed by atoms with Crippen molar-refractivity contribution in [2.45, 2.75) is 54.8 Å². The topological polar surface area (TPSA) is 238 Å². The second kappa shape index (κ2) is 19.9. The van der Waals surface area contributed by atoms with Crippen molar-refractivity contribution in [1.82, 2.24) is 26.2 Å². The van der Waals surface area contributed by atoms with E-state index < -0.39 is 69.3 Å². The Labute approximate surface area is 338 Å². The molecule has 1 aliphatic rings. The number of ether oxygens (including phenoxy) is 1. The van der Waals surface area contributed by atoms with Crippen molar-refractivity contribution in [3.63, 3.8) is 0 Å². The number of fused-ring (bicyclic) bond motifs is 1. The first kappa shape index (κ1) is 43.1. The molecule has 1 unspecified atom stereocenters. The van der Waals surface area contributed by atoms with Gasteiger partial charge in [0.05, 0.1) is 31.7 Å². The summed E-state index contributed by atoms with van der Waals surface area (Å²) in [6, 6.07) is 22.5. The number of rotatable bonds is 18. The molecular formula is C40H43N5O11S2. The highest BCUT2D eigenvalue weighted by Crippen LogP contribution is 2.30. The number of nitrogens with one attached hydrogen (secondary N) is 4. The molecule has 0 bridgehead atoms. The van der Waals surface area contributed by atoms with Crippen LogP contribution in [0.2, 0.25) is 0 Å². The maximum Gasteiger partial charge on any atom is 0.307 e. The summed E-state index contributed by atoms with van der Waals surface area (Å²) < 4.78 is 37.7. The van der Waals surface area contributed by atoms with Crippen molar-refractivity contribution in [3.05, 3.63) is 107 Å². The Kier molecular flexibility index (Phi) is 14.8. The molecule has 4 aromatic rings. The molecule has 1 fully saturated rings. The molecule has 16 nitrogen and oxygen atoms in total. The molecule has 18 heteroatoms. The number of carbonyl (C=O) groups excluding carboxylic acids is 5. The van der Waals surface area contributed by atoms with Gasteiger partial charge in [0.2, 0.25) is 17.7 Å². The van der Waals surface area contributed by atoms with Crippen LogP contribution in [-0.4, -0.2) is 96.1 Å². The molecule has 1 saturated heterocycles. The summed E-state index contributed by atoms with van der Waals surface area (Å²) >= 11 is 0.928. The number of hydrogen-bond acceptors (Lipinski definition) is 10. The molecule has 0 radical (unpaired) electrons. The molecule has 4 aromatic carbocycles. The van der Waals surface area contributed by atoms with Crippen LogP contribution < -0.4 is 26.0 Å². The summed E-state index contributed by atoms with van der Waals surface area (Å²) in [6.07, 6.45) is 0.680. The lowest BCUT2D eigenvalue weighted by molar-refractivity contribution is -0.139. The van der Waals surface area contributed by atoms with Gasteiger partial charge in [-0.2, -0.15) is 8.42 Å². The fourth-order valence-corrected chi connectivity index (χ4v) is 7.91. The summed E-state index contributed by atoms with van der Waals surface area (Å²) in [4.78, 5) is 79.6. The highest BCUT2D eigenvalue weighted by Gasteiger charge is 2.35. The molecule has 2 atom stereocenters. The number of carboxylic acids is 1. The first-order valence-corrected chi connectivity index (χ1v) is 20.8. The van der Waals surface area contributed by atoms with Crippen LogP contribution in [0.25, 0.3) is 10.8 Å². The van der Waals surface area contributed by atoms with Crippen LogP contribution in [0.4, 0.5) is 0 Å². The fourth-order valence-electron chi connectivity index (χ4n) is 6.38. The Morgan fingerprint density at radius 1 is 0.879 bits per heavy atom. The van der Waals surface area contributed by atoms with Crippen molar-refractivity contribution < 1.29 is 51.6 Å². The van der Waals surface area contributed by atoms with Crippen molar-refractivity contribution in [2.75, 3.05) is 26.2 Å². The van der Waals surface area contributed by atoms with Gasteiger partial charge in [-0.25, -0.2) is 0 Å². The zero-order chi connectivity index (χ0) is 41.8. The third-order valence-electron chi connectivity index (χ3n) is 8.99. The second-order valence-electron chi connectivity index (χ2n) is 13.3. The summed E-state index contributed by atoms with van der Waals surface area (Å²) in [5.74, 6) is -4.26. The van der Waals surface area contributed by atoms with Gasteiger partial charge in [-0.1, -0.05) is 78.5 Å². The van der Waals surface area contributed by atoms with Crippen LogP contribution in [0.15, 0.2) is 89.8 Å². The lowest BCUT2D eigenvalue weighted by atomic mass is 10.0. The standard InChI is InChI=1S/C40H43N5O11S2/c1-2-56-32-17-14-28-9-3-4-10-30(28)36(32)38(51)44-40(57-29-15-12-25(13-16-29)24-58(53,54)55)39(52)43-23-34(47)45-18-6-11-31(45)37(50)42-22-33(46)41-21-27-8-5-7-26(19-27)20-35(48)49/h3-5,7-10,12-17,19,31,40H,2,6,11,18,20-24H2,1H3,(H,41,46)(H,42,50)(H,43,52)(H,44,51)(H,48,49)(H,53,54,55)/t31-,40?/m0/s1. The van der Waals surface area contributed by atoms with Crippen molar-refractivity contribution in [2.24, 2.45) is 0 Å².